The summed E-state index contributed by atoms with van der Waals surface area (Å²) >= 11 is 0. The van der Waals surface area contributed by atoms with Gasteiger partial charge in [0.2, 0.25) is 11.8 Å². The van der Waals surface area contributed by atoms with Crippen molar-refractivity contribution in [2.45, 2.75) is 19.9 Å². The first kappa shape index (κ1) is 17.4. The smallest absolute Gasteiger partial charge is 0.342 e. The lowest BCUT2D eigenvalue weighted by molar-refractivity contribution is -0.385. The van der Waals surface area contributed by atoms with E-state index in [0.717, 1.165) is 0 Å². The van der Waals surface area contributed by atoms with Crippen molar-refractivity contribution in [3.8, 4) is 0 Å². The Hall–Kier alpha value is -3.43. The summed E-state index contributed by atoms with van der Waals surface area (Å²) in [7, 11) is 0. The molecular formula is C16H17N5O5. The van der Waals surface area contributed by atoms with Crippen molar-refractivity contribution >= 4 is 17.6 Å². The number of rotatable bonds is 6. The third-order valence-electron chi connectivity index (χ3n) is 3.77. The van der Waals surface area contributed by atoms with Gasteiger partial charge in [0.05, 0.1) is 23.7 Å². The van der Waals surface area contributed by atoms with Crippen LogP contribution in [0.15, 0.2) is 42.0 Å². The van der Waals surface area contributed by atoms with Crippen LogP contribution in [0.1, 0.15) is 25.5 Å². The number of aromatic nitrogens is 3. The Labute approximate surface area is 148 Å². The number of anilines is 1. The van der Waals surface area contributed by atoms with Crippen molar-refractivity contribution in [2.24, 2.45) is 0 Å². The lowest BCUT2D eigenvalue weighted by Gasteiger charge is -2.28. The Morgan fingerprint density at radius 3 is 2.81 bits per heavy atom. The maximum Gasteiger partial charge on any atom is 0.342 e. The predicted molar refractivity (Wildman–Crippen MR) is 90.2 cm³/mol. The van der Waals surface area contributed by atoms with E-state index in [4.69, 9.17) is 9.47 Å². The molecule has 1 aromatic carbocycles. The molecule has 0 radical (unpaired) electrons. The molecule has 0 saturated carbocycles. The normalized spacial score (nSPS) is 15.8. The molecule has 0 bridgehead atoms. The predicted octanol–water partition coefficient (Wildman–Crippen LogP) is 2.01. The maximum absolute atomic E-state index is 12.6. The maximum atomic E-state index is 12.6. The number of para-hydroxylation sites is 1. The van der Waals surface area contributed by atoms with Gasteiger partial charge in [-0.2, -0.15) is 10.1 Å². The van der Waals surface area contributed by atoms with Gasteiger partial charge in [0.15, 0.2) is 0 Å². The minimum absolute atomic E-state index is 0.0981. The number of fused-ring (bicyclic) bond motifs is 1. The molecule has 136 valence electrons. The second kappa shape index (κ2) is 7.21. The molecule has 0 saturated heterocycles. The van der Waals surface area contributed by atoms with Crippen molar-refractivity contribution in [3.05, 3.63) is 57.7 Å². The Morgan fingerprint density at radius 2 is 2.12 bits per heavy atom. The zero-order valence-electron chi connectivity index (χ0n) is 14.2. The zero-order valence-corrected chi connectivity index (χ0v) is 14.2. The van der Waals surface area contributed by atoms with Crippen molar-refractivity contribution in [2.75, 3.05) is 18.5 Å². The van der Waals surface area contributed by atoms with Crippen LogP contribution in [0.25, 0.3) is 0 Å². The first-order valence-electron chi connectivity index (χ1n) is 8.02. The van der Waals surface area contributed by atoms with Crippen LogP contribution in [0.3, 0.4) is 0 Å². The number of nitrogens with zero attached hydrogens (tertiary/aromatic N) is 4. The van der Waals surface area contributed by atoms with Gasteiger partial charge >= 0.3 is 5.97 Å². The van der Waals surface area contributed by atoms with Crippen LogP contribution < -0.4 is 5.32 Å². The Kier molecular flexibility index (Phi) is 4.83. The monoisotopic (exact) mass is 359 g/mol. The number of ether oxygens (including phenoxy) is 2. The molecular weight excluding hydrogens is 342 g/mol. The van der Waals surface area contributed by atoms with Crippen molar-refractivity contribution in [1.82, 2.24) is 14.8 Å². The number of esters is 1. The third kappa shape index (κ3) is 2.96. The molecule has 0 amide bonds. The first-order valence-corrected chi connectivity index (χ1v) is 8.02. The van der Waals surface area contributed by atoms with Gasteiger partial charge in [-0.05, 0) is 19.9 Å². The van der Waals surface area contributed by atoms with Gasteiger partial charge in [-0.15, -0.1) is 0 Å². The quantitative estimate of drug-likeness (QED) is 0.472. The summed E-state index contributed by atoms with van der Waals surface area (Å²) < 4.78 is 12.1. The molecule has 0 fully saturated rings. The molecule has 1 atom stereocenters. The third-order valence-corrected chi connectivity index (χ3v) is 3.77. The molecule has 10 heteroatoms. The topological polar surface area (TPSA) is 121 Å². The molecule has 2 heterocycles. The lowest BCUT2D eigenvalue weighted by Crippen LogP contribution is -2.31. The SMILES string of the molecule is CCOC(=O)C1=C(OCC)Nc2ncnn2C1c1ccccc1[N+](=O)[O-]. The van der Waals surface area contributed by atoms with Gasteiger partial charge < -0.3 is 9.47 Å². The highest BCUT2D eigenvalue weighted by Crippen LogP contribution is 2.39. The minimum atomic E-state index is -0.907. The van der Waals surface area contributed by atoms with Crippen LogP contribution in [-0.4, -0.2) is 38.9 Å². The molecule has 1 unspecified atom stereocenters. The van der Waals surface area contributed by atoms with E-state index in [1.807, 2.05) is 0 Å². The average Bonchev–Trinajstić information content (AvgIpc) is 3.09. The highest BCUT2D eigenvalue weighted by molar-refractivity contribution is 5.92. The van der Waals surface area contributed by atoms with Crippen LogP contribution >= 0.6 is 0 Å². The molecule has 0 spiro atoms. The van der Waals surface area contributed by atoms with Crippen LogP contribution in [0, 0.1) is 10.1 Å². The number of nitro groups is 1. The van der Waals surface area contributed by atoms with Crippen LogP contribution in [-0.2, 0) is 14.3 Å². The Morgan fingerprint density at radius 1 is 1.35 bits per heavy atom. The zero-order chi connectivity index (χ0) is 18.7. The highest BCUT2D eigenvalue weighted by atomic mass is 16.6. The summed E-state index contributed by atoms with van der Waals surface area (Å²) in [6.45, 7) is 3.87. The van der Waals surface area contributed by atoms with Crippen molar-refractivity contribution in [1.29, 1.82) is 0 Å². The molecule has 1 aliphatic heterocycles. The molecule has 10 nitrogen and oxygen atoms in total. The Balaban J connectivity index is 2.25. The van der Waals surface area contributed by atoms with E-state index in [2.05, 4.69) is 15.4 Å². The summed E-state index contributed by atoms with van der Waals surface area (Å²) in [6.07, 6.45) is 1.29. The van der Waals surface area contributed by atoms with E-state index in [-0.39, 0.29) is 35.9 Å². The van der Waals surface area contributed by atoms with E-state index < -0.39 is 16.9 Å². The second-order valence-electron chi connectivity index (χ2n) is 5.27. The fourth-order valence-electron chi connectivity index (χ4n) is 2.79. The second-order valence-corrected chi connectivity index (χ2v) is 5.27. The summed E-state index contributed by atoms with van der Waals surface area (Å²) in [6, 6.07) is 5.25. The van der Waals surface area contributed by atoms with E-state index in [9.17, 15) is 14.9 Å². The van der Waals surface area contributed by atoms with Crippen molar-refractivity contribution in [3.63, 3.8) is 0 Å². The molecule has 1 aliphatic rings. The largest absolute Gasteiger partial charge is 0.479 e. The summed E-state index contributed by atoms with van der Waals surface area (Å²) in [5, 5.41) is 18.5. The fraction of sp³-hybridized carbons (Fsp3) is 0.312. The first-order chi connectivity index (χ1) is 12.6. The van der Waals surface area contributed by atoms with E-state index in [1.54, 1.807) is 32.0 Å². The molecule has 1 N–H and O–H groups in total. The van der Waals surface area contributed by atoms with Gasteiger partial charge in [-0.1, -0.05) is 12.1 Å². The summed E-state index contributed by atoms with van der Waals surface area (Å²) in [4.78, 5) is 27.7. The number of hydrogen-bond donors (Lipinski definition) is 1. The Bertz CT molecular complexity index is 875. The van der Waals surface area contributed by atoms with Gasteiger partial charge in [-0.25, -0.2) is 9.48 Å². The number of nitrogens with one attached hydrogen (secondary N) is 1. The molecule has 0 aliphatic carbocycles. The summed E-state index contributed by atoms with van der Waals surface area (Å²) in [5.41, 5.74) is 0.241. The van der Waals surface area contributed by atoms with E-state index in [1.165, 1.54) is 17.1 Å². The summed E-state index contributed by atoms with van der Waals surface area (Å²) in [5.74, 6) is -0.188. The number of hydrogen-bond acceptors (Lipinski definition) is 8. The number of benzene rings is 1. The molecule has 1 aromatic heterocycles. The van der Waals surface area contributed by atoms with Gasteiger partial charge in [0, 0.05) is 6.07 Å². The number of carbonyl (C=O) groups is 1. The highest BCUT2D eigenvalue weighted by Gasteiger charge is 2.39. The van der Waals surface area contributed by atoms with Crippen LogP contribution in [0.2, 0.25) is 0 Å². The van der Waals surface area contributed by atoms with Gasteiger partial charge in [0.25, 0.3) is 5.69 Å². The van der Waals surface area contributed by atoms with Gasteiger partial charge in [-0.3, -0.25) is 15.4 Å². The molecule has 26 heavy (non-hydrogen) atoms. The fourth-order valence-corrected chi connectivity index (χ4v) is 2.79. The number of nitro benzene ring substituents is 1. The van der Waals surface area contributed by atoms with Gasteiger partial charge in [0.1, 0.15) is 17.9 Å². The minimum Gasteiger partial charge on any atom is -0.479 e. The number of carbonyl (C=O) groups excluding carboxylic acids is 1. The average molecular weight is 359 g/mol. The molecule has 2 aromatic rings. The standard InChI is InChI=1S/C16H17N5O5/c1-3-25-14-12(15(22)26-4-2)13(20-16(19-14)17-9-18-20)10-7-5-6-8-11(10)21(23)24/h5-9,13H,3-4H2,1-2H3,(H,17,18,19). The van der Waals surface area contributed by atoms with E-state index in [0.29, 0.717) is 5.95 Å². The lowest BCUT2D eigenvalue weighted by atomic mass is 9.96. The van der Waals surface area contributed by atoms with E-state index >= 15 is 0 Å². The van der Waals surface area contributed by atoms with Crippen molar-refractivity contribution < 1.29 is 19.2 Å². The van der Waals surface area contributed by atoms with Crippen LogP contribution in [0.4, 0.5) is 11.6 Å². The van der Waals surface area contributed by atoms with Crippen LogP contribution in [0.5, 0.6) is 0 Å². The molecule has 3 rings (SSSR count).